The third kappa shape index (κ3) is 2.97. The van der Waals surface area contributed by atoms with Crippen LogP contribution in [0.4, 0.5) is 4.79 Å². The van der Waals surface area contributed by atoms with Crippen molar-refractivity contribution in [3.8, 4) is 11.5 Å². The highest BCUT2D eigenvalue weighted by Crippen LogP contribution is 2.36. The molecule has 4 amide bonds. The molecule has 2 fully saturated rings. The van der Waals surface area contributed by atoms with Gasteiger partial charge >= 0.3 is 6.03 Å². The van der Waals surface area contributed by atoms with E-state index in [4.69, 9.17) is 21.1 Å². The van der Waals surface area contributed by atoms with Crippen molar-refractivity contribution in [2.24, 2.45) is 0 Å². The van der Waals surface area contributed by atoms with Gasteiger partial charge in [0.25, 0.3) is 11.8 Å². The third-order valence-electron chi connectivity index (χ3n) is 4.60. The van der Waals surface area contributed by atoms with Crippen LogP contribution < -0.4 is 20.1 Å². The second-order valence-electron chi connectivity index (χ2n) is 5.98. The maximum absolute atomic E-state index is 12.8. The average Bonchev–Trinajstić information content (AvgIpc) is 2.87. The number of halogens is 1. The summed E-state index contributed by atoms with van der Waals surface area (Å²) in [6, 6.07) is 2.61. The van der Waals surface area contributed by atoms with E-state index < -0.39 is 11.6 Å². The van der Waals surface area contributed by atoms with Crippen LogP contribution in [0.1, 0.15) is 23.2 Å². The van der Waals surface area contributed by atoms with Crippen LogP contribution in [0.2, 0.25) is 5.02 Å². The molecule has 134 valence electrons. The van der Waals surface area contributed by atoms with Crippen LogP contribution in [0.5, 0.6) is 11.5 Å². The van der Waals surface area contributed by atoms with E-state index in [-0.39, 0.29) is 16.8 Å². The van der Waals surface area contributed by atoms with Crippen LogP contribution in [-0.4, -0.2) is 55.6 Å². The first-order chi connectivity index (χ1) is 11.9. The molecular formula is C16H18ClN3O5. The number of nitrogens with one attached hydrogen (secondary N) is 2. The predicted octanol–water partition coefficient (Wildman–Crippen LogP) is 1.17. The van der Waals surface area contributed by atoms with Crippen molar-refractivity contribution in [3.05, 3.63) is 22.7 Å². The molecule has 2 aliphatic heterocycles. The van der Waals surface area contributed by atoms with Gasteiger partial charge in [0.05, 0.1) is 19.2 Å². The van der Waals surface area contributed by atoms with Crippen molar-refractivity contribution in [2.45, 2.75) is 18.4 Å². The van der Waals surface area contributed by atoms with Gasteiger partial charge in [-0.25, -0.2) is 4.79 Å². The summed E-state index contributed by atoms with van der Waals surface area (Å²) in [5, 5.41) is 5.19. The highest BCUT2D eigenvalue weighted by atomic mass is 35.5. The maximum atomic E-state index is 12.8. The van der Waals surface area contributed by atoms with Gasteiger partial charge in [-0.2, -0.15) is 0 Å². The van der Waals surface area contributed by atoms with Gasteiger partial charge in [0.1, 0.15) is 5.54 Å². The lowest BCUT2D eigenvalue weighted by molar-refractivity contribution is -0.125. The van der Waals surface area contributed by atoms with Crippen molar-refractivity contribution < 1.29 is 23.9 Å². The van der Waals surface area contributed by atoms with Crippen LogP contribution in [0.3, 0.4) is 0 Å². The Morgan fingerprint density at radius 2 is 1.88 bits per heavy atom. The van der Waals surface area contributed by atoms with E-state index in [1.807, 2.05) is 0 Å². The van der Waals surface area contributed by atoms with Crippen LogP contribution >= 0.6 is 11.6 Å². The normalized spacial score (nSPS) is 18.8. The van der Waals surface area contributed by atoms with Crippen molar-refractivity contribution in [1.82, 2.24) is 15.5 Å². The minimum absolute atomic E-state index is 0.220. The fourth-order valence-electron chi connectivity index (χ4n) is 3.20. The van der Waals surface area contributed by atoms with Gasteiger partial charge < -0.3 is 19.7 Å². The highest BCUT2D eigenvalue weighted by molar-refractivity contribution is 6.32. The number of carbonyl (C=O) groups excluding carboxylic acids is 3. The number of nitrogens with zero attached hydrogens (tertiary/aromatic N) is 1. The van der Waals surface area contributed by atoms with Crippen molar-refractivity contribution in [3.63, 3.8) is 0 Å². The molecule has 1 aromatic carbocycles. The van der Waals surface area contributed by atoms with E-state index in [9.17, 15) is 14.4 Å². The minimum atomic E-state index is -0.914. The zero-order chi connectivity index (χ0) is 18.2. The summed E-state index contributed by atoms with van der Waals surface area (Å²) in [4.78, 5) is 37.7. The Morgan fingerprint density at radius 3 is 2.40 bits per heavy atom. The van der Waals surface area contributed by atoms with Gasteiger partial charge in [0.15, 0.2) is 11.5 Å². The number of piperidine rings is 1. The lowest BCUT2D eigenvalue weighted by Gasteiger charge is -2.37. The van der Waals surface area contributed by atoms with Crippen molar-refractivity contribution >= 4 is 29.4 Å². The lowest BCUT2D eigenvalue weighted by Crippen LogP contribution is -2.55. The summed E-state index contributed by atoms with van der Waals surface area (Å²) in [7, 11) is 2.94. The van der Waals surface area contributed by atoms with Crippen LogP contribution in [0.15, 0.2) is 12.1 Å². The number of ether oxygens (including phenoxy) is 2. The van der Waals surface area contributed by atoms with Crippen molar-refractivity contribution in [1.29, 1.82) is 0 Å². The van der Waals surface area contributed by atoms with E-state index in [1.165, 1.54) is 20.3 Å². The zero-order valence-electron chi connectivity index (χ0n) is 13.8. The van der Waals surface area contributed by atoms with Gasteiger partial charge in [-0.1, -0.05) is 11.6 Å². The molecule has 1 aromatic rings. The molecule has 2 aliphatic rings. The number of imide groups is 1. The monoisotopic (exact) mass is 367 g/mol. The van der Waals surface area contributed by atoms with Gasteiger partial charge in [-0.15, -0.1) is 0 Å². The molecule has 2 saturated heterocycles. The molecule has 1 spiro atoms. The van der Waals surface area contributed by atoms with Crippen molar-refractivity contribution in [2.75, 3.05) is 27.3 Å². The number of rotatable bonds is 3. The Hall–Kier alpha value is -2.48. The predicted molar refractivity (Wildman–Crippen MR) is 89.1 cm³/mol. The largest absolute Gasteiger partial charge is 0.493 e. The quantitative estimate of drug-likeness (QED) is 0.782. The second-order valence-corrected chi connectivity index (χ2v) is 6.38. The third-order valence-corrected chi connectivity index (χ3v) is 4.88. The van der Waals surface area contributed by atoms with E-state index in [1.54, 1.807) is 11.0 Å². The number of likely N-dealkylation sites (tertiary alicyclic amines) is 1. The number of urea groups is 1. The zero-order valence-corrected chi connectivity index (χ0v) is 14.6. The molecule has 0 bridgehead atoms. The fraction of sp³-hybridized carbons (Fsp3) is 0.438. The standard InChI is InChI=1S/C16H18ClN3O5/c1-24-11-8-9(7-10(17)12(11)25-2)13(21)20-5-3-16(4-6-20)14(22)18-15(23)19-16/h7-8H,3-6H2,1-2H3,(H2,18,19,22,23). The smallest absolute Gasteiger partial charge is 0.322 e. The van der Waals surface area contributed by atoms with Crippen LogP contribution in [0, 0.1) is 0 Å². The van der Waals surface area contributed by atoms with E-state index >= 15 is 0 Å². The fourth-order valence-corrected chi connectivity index (χ4v) is 3.48. The number of methoxy groups -OCH3 is 2. The van der Waals surface area contributed by atoms with Gasteiger partial charge in [-0.05, 0) is 25.0 Å². The first-order valence-electron chi connectivity index (χ1n) is 7.74. The summed E-state index contributed by atoms with van der Waals surface area (Å²) < 4.78 is 10.4. The van der Waals surface area contributed by atoms with Crippen LogP contribution in [0.25, 0.3) is 0 Å². The molecule has 0 aromatic heterocycles. The number of hydrogen-bond acceptors (Lipinski definition) is 5. The molecule has 0 radical (unpaired) electrons. The van der Waals surface area contributed by atoms with Crippen LogP contribution in [-0.2, 0) is 4.79 Å². The summed E-state index contributed by atoms with van der Waals surface area (Å²) in [6.07, 6.45) is 0.717. The summed E-state index contributed by atoms with van der Waals surface area (Å²) in [5.74, 6) is 0.180. The molecule has 8 nitrogen and oxygen atoms in total. The first kappa shape index (κ1) is 17.3. The molecule has 3 rings (SSSR count). The molecule has 0 unspecified atom stereocenters. The summed E-state index contributed by atoms with van der Waals surface area (Å²) >= 11 is 6.15. The van der Waals surface area contributed by atoms with E-state index in [2.05, 4.69) is 10.6 Å². The second kappa shape index (κ2) is 6.44. The molecular weight excluding hydrogens is 350 g/mol. The van der Waals surface area contributed by atoms with E-state index in [0.29, 0.717) is 43.0 Å². The molecule has 0 saturated carbocycles. The summed E-state index contributed by atoms with van der Waals surface area (Å²) in [5.41, 5.74) is -0.540. The molecule has 0 atom stereocenters. The van der Waals surface area contributed by atoms with Gasteiger partial charge in [0, 0.05) is 18.7 Å². The molecule has 2 heterocycles. The Kier molecular flexibility index (Phi) is 4.47. The lowest BCUT2D eigenvalue weighted by atomic mass is 9.87. The Labute approximate surface area is 149 Å². The number of benzene rings is 1. The molecule has 9 heteroatoms. The number of carbonyl (C=O) groups is 3. The molecule has 2 N–H and O–H groups in total. The Balaban J connectivity index is 1.76. The molecule has 25 heavy (non-hydrogen) atoms. The van der Waals surface area contributed by atoms with E-state index in [0.717, 1.165) is 0 Å². The average molecular weight is 368 g/mol. The number of amides is 4. The minimum Gasteiger partial charge on any atom is -0.493 e. The number of hydrogen-bond donors (Lipinski definition) is 2. The van der Waals surface area contributed by atoms with Gasteiger partial charge in [-0.3, -0.25) is 14.9 Å². The SMILES string of the molecule is COc1cc(C(=O)N2CCC3(CC2)NC(=O)NC3=O)cc(Cl)c1OC. The first-order valence-corrected chi connectivity index (χ1v) is 8.12. The Morgan fingerprint density at radius 1 is 1.20 bits per heavy atom. The topological polar surface area (TPSA) is 97.0 Å². The van der Waals surface area contributed by atoms with Gasteiger partial charge in [0.2, 0.25) is 0 Å². The highest BCUT2D eigenvalue weighted by Gasteiger charge is 2.48. The Bertz CT molecular complexity index is 744. The molecule has 0 aliphatic carbocycles. The maximum Gasteiger partial charge on any atom is 0.322 e. The summed E-state index contributed by atoms with van der Waals surface area (Å²) in [6.45, 7) is 0.691.